The van der Waals surface area contributed by atoms with Gasteiger partial charge in [-0.25, -0.2) is 26.3 Å². The molecule has 2 rings (SSSR count). The molecular weight excluding hydrogens is 294 g/mol. The Hall–Kier alpha value is -2.24. The van der Waals surface area contributed by atoms with Crippen molar-refractivity contribution in [3.63, 3.8) is 0 Å². The van der Waals surface area contributed by atoms with Gasteiger partial charge in [0.05, 0.1) is 5.56 Å². The minimum Gasteiger partial charge on any atom is -0.206 e. The zero-order chi connectivity index (χ0) is 15.7. The van der Waals surface area contributed by atoms with Crippen molar-refractivity contribution in [3.05, 3.63) is 64.7 Å². The zero-order valence-corrected chi connectivity index (χ0v) is 10.7. The average molecular weight is 302 g/mol. The maximum Gasteiger partial charge on any atom is 0.194 e. The van der Waals surface area contributed by atoms with E-state index in [4.69, 9.17) is 0 Å². The maximum atomic E-state index is 13.9. The Morgan fingerprint density at radius 2 is 1.29 bits per heavy atom. The summed E-state index contributed by atoms with van der Waals surface area (Å²) < 4.78 is 80.6. The molecule has 0 spiro atoms. The van der Waals surface area contributed by atoms with Gasteiger partial charge in [0.2, 0.25) is 0 Å². The summed E-state index contributed by atoms with van der Waals surface area (Å²) in [5, 5.41) is 0. The maximum absolute atomic E-state index is 13.9. The molecule has 110 valence electrons. The summed E-state index contributed by atoms with van der Waals surface area (Å²) in [6.07, 6.45) is 2.51. The zero-order valence-electron chi connectivity index (χ0n) is 10.7. The van der Waals surface area contributed by atoms with Gasteiger partial charge in [-0.05, 0) is 30.7 Å². The summed E-state index contributed by atoms with van der Waals surface area (Å²) >= 11 is 0. The predicted molar refractivity (Wildman–Crippen MR) is 66.3 cm³/mol. The van der Waals surface area contributed by atoms with Crippen LogP contribution in [-0.2, 0) is 0 Å². The molecule has 2 aromatic rings. The van der Waals surface area contributed by atoms with Crippen molar-refractivity contribution >= 4 is 6.08 Å². The molecule has 0 amide bonds. The fraction of sp³-hybridized carbons (Fsp3) is 0.0667. The molecule has 0 aromatic heterocycles. The van der Waals surface area contributed by atoms with E-state index in [0.717, 1.165) is 6.08 Å². The van der Waals surface area contributed by atoms with Crippen LogP contribution in [0.4, 0.5) is 26.3 Å². The van der Waals surface area contributed by atoms with E-state index in [1.165, 1.54) is 13.0 Å². The monoisotopic (exact) mass is 302 g/mol. The highest BCUT2D eigenvalue weighted by atomic mass is 19.2. The van der Waals surface area contributed by atoms with Crippen molar-refractivity contribution in [2.75, 3.05) is 0 Å². The number of hydrogen-bond acceptors (Lipinski definition) is 0. The molecule has 6 heteroatoms. The summed E-state index contributed by atoms with van der Waals surface area (Å²) in [5.74, 6) is -9.20. The molecule has 0 unspecified atom stereocenters. The van der Waals surface area contributed by atoms with Gasteiger partial charge < -0.3 is 0 Å². The average Bonchev–Trinajstić information content (AvgIpc) is 2.42. The van der Waals surface area contributed by atoms with Crippen LogP contribution in [0.15, 0.2) is 24.3 Å². The molecule has 0 heterocycles. The van der Waals surface area contributed by atoms with Crippen LogP contribution >= 0.6 is 0 Å². The second-order valence-corrected chi connectivity index (χ2v) is 4.20. The van der Waals surface area contributed by atoms with Crippen molar-refractivity contribution in [2.45, 2.75) is 6.92 Å². The van der Waals surface area contributed by atoms with Crippen molar-refractivity contribution < 1.29 is 26.3 Å². The van der Waals surface area contributed by atoms with Gasteiger partial charge in [-0.2, -0.15) is 0 Å². The first-order valence-electron chi connectivity index (χ1n) is 5.82. The van der Waals surface area contributed by atoms with E-state index in [9.17, 15) is 26.3 Å². The molecule has 0 radical (unpaired) electrons. The van der Waals surface area contributed by atoms with Crippen LogP contribution in [0.3, 0.4) is 0 Å². The molecular formula is C15H8F6. The summed E-state index contributed by atoms with van der Waals surface area (Å²) in [4.78, 5) is 0. The Morgan fingerprint density at radius 1 is 0.714 bits per heavy atom. The first kappa shape index (κ1) is 15.2. The fourth-order valence-corrected chi connectivity index (χ4v) is 1.88. The standard InChI is InChI=1S/C15H8F6/c1-2-3-7-4-9(16)12(15(21)13(7)19)8-5-10(17)14(20)11(18)6-8/h2-6H,1H3/b3-2+. The fourth-order valence-electron chi connectivity index (χ4n) is 1.88. The lowest BCUT2D eigenvalue weighted by atomic mass is 10.0. The topological polar surface area (TPSA) is 0 Å². The summed E-state index contributed by atoms with van der Waals surface area (Å²) in [5.41, 5.74) is -1.94. The molecule has 0 aliphatic heterocycles. The minimum absolute atomic E-state index is 0.348. The normalized spacial score (nSPS) is 11.4. The molecule has 2 aromatic carbocycles. The lowest BCUT2D eigenvalue weighted by molar-refractivity contribution is 0.447. The van der Waals surface area contributed by atoms with Crippen LogP contribution < -0.4 is 0 Å². The third kappa shape index (κ3) is 2.66. The van der Waals surface area contributed by atoms with Gasteiger partial charge in [0.1, 0.15) is 5.82 Å². The number of benzene rings is 2. The Balaban J connectivity index is 2.73. The van der Waals surface area contributed by atoms with E-state index in [1.54, 1.807) is 0 Å². The molecule has 0 saturated carbocycles. The minimum atomic E-state index is -1.77. The number of rotatable bonds is 2. The molecule has 0 aliphatic rings. The molecule has 0 nitrogen and oxygen atoms in total. The highest BCUT2D eigenvalue weighted by Gasteiger charge is 2.21. The lowest BCUT2D eigenvalue weighted by Crippen LogP contribution is -2.00. The molecule has 0 atom stereocenters. The smallest absolute Gasteiger partial charge is 0.194 e. The second-order valence-electron chi connectivity index (χ2n) is 4.20. The first-order chi connectivity index (χ1) is 9.86. The van der Waals surface area contributed by atoms with Gasteiger partial charge in [0.25, 0.3) is 0 Å². The van der Waals surface area contributed by atoms with E-state index < -0.39 is 46.0 Å². The summed E-state index contributed by atoms with van der Waals surface area (Å²) in [6.45, 7) is 1.52. The van der Waals surface area contributed by atoms with Crippen molar-refractivity contribution in [1.29, 1.82) is 0 Å². The molecule has 21 heavy (non-hydrogen) atoms. The van der Waals surface area contributed by atoms with Crippen molar-refractivity contribution in [1.82, 2.24) is 0 Å². The molecule has 0 saturated heterocycles. The highest BCUT2D eigenvalue weighted by molar-refractivity contribution is 5.68. The van der Waals surface area contributed by atoms with Crippen molar-refractivity contribution in [2.24, 2.45) is 0 Å². The lowest BCUT2D eigenvalue weighted by Gasteiger charge is -2.09. The van der Waals surface area contributed by atoms with E-state index in [-0.39, 0.29) is 5.56 Å². The number of hydrogen-bond donors (Lipinski definition) is 0. The number of allylic oxidation sites excluding steroid dienone is 1. The summed E-state index contributed by atoms with van der Waals surface area (Å²) in [6, 6.07) is 1.48. The van der Waals surface area contributed by atoms with E-state index in [0.29, 0.717) is 18.2 Å². The van der Waals surface area contributed by atoms with Gasteiger partial charge in [0.15, 0.2) is 29.1 Å². The molecule has 0 fully saturated rings. The third-order valence-corrected chi connectivity index (χ3v) is 2.81. The van der Waals surface area contributed by atoms with E-state index in [1.807, 2.05) is 0 Å². The Kier molecular flexibility index (Phi) is 4.06. The van der Waals surface area contributed by atoms with Crippen LogP contribution in [0.2, 0.25) is 0 Å². The molecule has 0 N–H and O–H groups in total. The largest absolute Gasteiger partial charge is 0.206 e. The van der Waals surface area contributed by atoms with Gasteiger partial charge in [0, 0.05) is 5.56 Å². The SMILES string of the molecule is C/C=C/c1cc(F)c(-c2cc(F)c(F)c(F)c2)c(F)c1F. The van der Waals surface area contributed by atoms with Crippen LogP contribution in [0.25, 0.3) is 17.2 Å². The van der Waals surface area contributed by atoms with E-state index >= 15 is 0 Å². The van der Waals surface area contributed by atoms with Crippen molar-refractivity contribution in [3.8, 4) is 11.1 Å². The highest BCUT2D eigenvalue weighted by Crippen LogP contribution is 2.31. The first-order valence-corrected chi connectivity index (χ1v) is 5.82. The van der Waals surface area contributed by atoms with Crippen LogP contribution in [0.1, 0.15) is 12.5 Å². The third-order valence-electron chi connectivity index (χ3n) is 2.81. The summed E-state index contributed by atoms with van der Waals surface area (Å²) in [7, 11) is 0. The predicted octanol–water partition coefficient (Wildman–Crippen LogP) is 5.22. The quantitative estimate of drug-likeness (QED) is 0.405. The van der Waals surface area contributed by atoms with Gasteiger partial charge in [-0.1, -0.05) is 12.2 Å². The van der Waals surface area contributed by atoms with Gasteiger partial charge in [-0.3, -0.25) is 0 Å². The van der Waals surface area contributed by atoms with Crippen LogP contribution in [0, 0.1) is 34.9 Å². The van der Waals surface area contributed by atoms with Gasteiger partial charge in [-0.15, -0.1) is 0 Å². The molecule has 0 bridgehead atoms. The van der Waals surface area contributed by atoms with Gasteiger partial charge >= 0.3 is 0 Å². The Morgan fingerprint density at radius 3 is 1.81 bits per heavy atom. The number of halogens is 6. The van der Waals surface area contributed by atoms with E-state index in [2.05, 4.69) is 0 Å². The van der Waals surface area contributed by atoms with Crippen LogP contribution in [-0.4, -0.2) is 0 Å². The second kappa shape index (κ2) is 5.63. The Bertz CT molecular complexity index is 710. The van der Waals surface area contributed by atoms with Crippen LogP contribution in [0.5, 0.6) is 0 Å². The molecule has 0 aliphatic carbocycles. The Labute approximate surface area is 116 Å².